The molecule has 0 unspecified atom stereocenters. The number of pyridine rings is 1. The smallest absolute Gasteiger partial charge is 0.0780 e. The molecule has 0 aliphatic carbocycles. The highest BCUT2D eigenvalue weighted by atomic mass is 127. The number of hydrogen-bond donors (Lipinski definition) is 0. The van der Waals surface area contributed by atoms with Crippen molar-refractivity contribution in [3.63, 3.8) is 0 Å². The number of aromatic nitrogens is 1. The molecule has 0 aliphatic rings. The molecule has 2 heteroatoms. The molecule has 0 saturated carbocycles. The van der Waals surface area contributed by atoms with Gasteiger partial charge in [-0.05, 0) is 103 Å². The number of para-hydroxylation sites is 1. The van der Waals surface area contributed by atoms with E-state index in [2.05, 4.69) is 161 Å². The first-order chi connectivity index (χ1) is 19.2. The van der Waals surface area contributed by atoms with Crippen LogP contribution in [0.2, 0.25) is 0 Å². The van der Waals surface area contributed by atoms with Crippen molar-refractivity contribution in [2.24, 2.45) is 0 Å². The molecule has 0 bridgehead atoms. The zero-order valence-electron chi connectivity index (χ0n) is 21.2. The van der Waals surface area contributed by atoms with E-state index in [1.54, 1.807) is 0 Å². The summed E-state index contributed by atoms with van der Waals surface area (Å²) in [6, 6.07) is 50.3. The van der Waals surface area contributed by atoms with Crippen LogP contribution >= 0.6 is 22.6 Å². The second-order valence-corrected chi connectivity index (χ2v) is 11.1. The van der Waals surface area contributed by atoms with E-state index in [4.69, 9.17) is 0 Å². The summed E-state index contributed by atoms with van der Waals surface area (Å²) < 4.78 is 1.25. The van der Waals surface area contributed by atoms with Gasteiger partial charge in [-0.1, -0.05) is 109 Å². The van der Waals surface area contributed by atoms with Gasteiger partial charge in [-0.3, -0.25) is 4.98 Å². The summed E-state index contributed by atoms with van der Waals surface area (Å²) in [5.74, 6) is 0. The highest BCUT2D eigenvalue weighted by molar-refractivity contribution is 14.1. The Hall–Kier alpha value is -4.28. The molecular weight excluding hydrogens is 585 g/mol. The fourth-order valence-electron chi connectivity index (χ4n) is 5.28. The highest BCUT2D eigenvalue weighted by Gasteiger charge is 2.07. The van der Waals surface area contributed by atoms with E-state index < -0.39 is 0 Å². The summed E-state index contributed by atoms with van der Waals surface area (Å²) in [6.45, 7) is 0. The summed E-state index contributed by atoms with van der Waals surface area (Å²) in [7, 11) is 0. The van der Waals surface area contributed by atoms with Gasteiger partial charge in [-0.2, -0.15) is 0 Å². The zero-order valence-corrected chi connectivity index (χ0v) is 23.3. The number of hydrogen-bond acceptors (Lipinski definition) is 1. The van der Waals surface area contributed by atoms with Gasteiger partial charge in [0.05, 0.1) is 5.52 Å². The van der Waals surface area contributed by atoms with Crippen molar-refractivity contribution in [1.29, 1.82) is 0 Å². The third-order valence-corrected chi connectivity index (χ3v) is 8.12. The standard InChI is InChI=1S/C37H24IN/c38-35-20-18-26(19-21-35)25-6-8-27(9-7-25)31-14-16-34-24-32(15-17-33(34)23-31)28-10-12-29(13-11-28)36-5-1-3-30-4-2-22-39-37(30)36/h1-24H. The number of nitrogens with zero attached hydrogens (tertiary/aromatic N) is 1. The van der Waals surface area contributed by atoms with Gasteiger partial charge in [0, 0.05) is 20.7 Å². The summed E-state index contributed by atoms with van der Waals surface area (Å²) in [6.07, 6.45) is 1.86. The highest BCUT2D eigenvalue weighted by Crippen LogP contribution is 2.32. The molecular formula is C37H24IN. The summed E-state index contributed by atoms with van der Waals surface area (Å²) in [5, 5.41) is 3.65. The molecule has 184 valence electrons. The molecule has 6 aromatic carbocycles. The Kier molecular flexibility index (Phi) is 6.18. The molecule has 1 aromatic heterocycles. The predicted octanol–water partition coefficient (Wildman–Crippen LogP) is 10.7. The average molecular weight is 610 g/mol. The van der Waals surface area contributed by atoms with Crippen molar-refractivity contribution in [2.75, 3.05) is 0 Å². The van der Waals surface area contributed by atoms with E-state index >= 15 is 0 Å². The van der Waals surface area contributed by atoms with Crippen molar-refractivity contribution in [3.8, 4) is 44.5 Å². The maximum Gasteiger partial charge on any atom is 0.0780 e. The van der Waals surface area contributed by atoms with Crippen LogP contribution in [-0.4, -0.2) is 4.98 Å². The first kappa shape index (κ1) is 23.8. The van der Waals surface area contributed by atoms with Gasteiger partial charge in [-0.25, -0.2) is 0 Å². The fourth-order valence-corrected chi connectivity index (χ4v) is 5.64. The Morgan fingerprint density at radius 1 is 0.385 bits per heavy atom. The van der Waals surface area contributed by atoms with E-state index in [1.165, 1.54) is 53.3 Å². The van der Waals surface area contributed by atoms with Crippen LogP contribution in [0.25, 0.3) is 66.2 Å². The molecule has 0 N–H and O–H groups in total. The Balaban J connectivity index is 1.15. The molecule has 0 fully saturated rings. The number of halogens is 1. The van der Waals surface area contributed by atoms with Crippen LogP contribution in [0.3, 0.4) is 0 Å². The molecule has 0 saturated heterocycles. The molecule has 0 aliphatic heterocycles. The Morgan fingerprint density at radius 3 is 1.44 bits per heavy atom. The first-order valence-electron chi connectivity index (χ1n) is 13.1. The number of rotatable bonds is 4. The topological polar surface area (TPSA) is 12.9 Å². The normalized spacial score (nSPS) is 11.2. The molecule has 1 nitrogen and oxygen atoms in total. The minimum absolute atomic E-state index is 1.04. The Labute approximate surface area is 242 Å². The largest absolute Gasteiger partial charge is 0.256 e. The van der Waals surface area contributed by atoms with E-state index in [1.807, 2.05) is 12.3 Å². The monoisotopic (exact) mass is 609 g/mol. The van der Waals surface area contributed by atoms with Crippen LogP contribution in [0, 0.1) is 3.57 Å². The summed E-state index contributed by atoms with van der Waals surface area (Å²) >= 11 is 2.34. The van der Waals surface area contributed by atoms with E-state index in [9.17, 15) is 0 Å². The van der Waals surface area contributed by atoms with Gasteiger partial charge in [-0.15, -0.1) is 0 Å². The number of fused-ring (bicyclic) bond motifs is 2. The lowest BCUT2D eigenvalue weighted by Crippen LogP contribution is -1.85. The Morgan fingerprint density at radius 2 is 0.846 bits per heavy atom. The predicted molar refractivity (Wildman–Crippen MR) is 174 cm³/mol. The minimum Gasteiger partial charge on any atom is -0.256 e. The zero-order chi connectivity index (χ0) is 26.2. The van der Waals surface area contributed by atoms with Gasteiger partial charge in [0.1, 0.15) is 0 Å². The molecule has 7 aromatic rings. The van der Waals surface area contributed by atoms with Crippen LogP contribution in [-0.2, 0) is 0 Å². The molecule has 1 heterocycles. The van der Waals surface area contributed by atoms with Gasteiger partial charge in [0.2, 0.25) is 0 Å². The van der Waals surface area contributed by atoms with Crippen molar-refractivity contribution in [2.45, 2.75) is 0 Å². The summed E-state index contributed by atoms with van der Waals surface area (Å²) in [5.41, 5.74) is 10.8. The lowest BCUT2D eigenvalue weighted by atomic mass is 9.95. The summed E-state index contributed by atoms with van der Waals surface area (Å²) in [4.78, 5) is 4.62. The van der Waals surface area contributed by atoms with Gasteiger partial charge in [0.15, 0.2) is 0 Å². The van der Waals surface area contributed by atoms with Gasteiger partial charge >= 0.3 is 0 Å². The van der Waals surface area contributed by atoms with Crippen LogP contribution in [0.15, 0.2) is 146 Å². The number of benzene rings is 6. The average Bonchev–Trinajstić information content (AvgIpc) is 3.01. The lowest BCUT2D eigenvalue weighted by molar-refractivity contribution is 1.41. The van der Waals surface area contributed by atoms with Crippen LogP contribution < -0.4 is 0 Å². The van der Waals surface area contributed by atoms with E-state index in [0.29, 0.717) is 0 Å². The van der Waals surface area contributed by atoms with Gasteiger partial charge in [0.25, 0.3) is 0 Å². The second kappa shape index (κ2) is 10.1. The van der Waals surface area contributed by atoms with Crippen molar-refractivity contribution < 1.29 is 0 Å². The van der Waals surface area contributed by atoms with Gasteiger partial charge < -0.3 is 0 Å². The molecule has 0 atom stereocenters. The molecule has 0 amide bonds. The molecule has 0 spiro atoms. The van der Waals surface area contributed by atoms with Crippen LogP contribution in [0.1, 0.15) is 0 Å². The maximum atomic E-state index is 4.62. The quantitative estimate of drug-likeness (QED) is 0.181. The molecule has 39 heavy (non-hydrogen) atoms. The molecule has 0 radical (unpaired) electrons. The third kappa shape index (κ3) is 4.73. The first-order valence-corrected chi connectivity index (χ1v) is 14.1. The van der Waals surface area contributed by atoms with Crippen molar-refractivity contribution in [3.05, 3.63) is 149 Å². The SMILES string of the molecule is Ic1ccc(-c2ccc(-c3ccc4cc(-c5ccc(-c6cccc7cccnc67)cc5)ccc4c3)cc2)cc1. The maximum absolute atomic E-state index is 4.62. The van der Waals surface area contributed by atoms with Crippen LogP contribution in [0.4, 0.5) is 0 Å². The molecule has 7 rings (SSSR count). The fraction of sp³-hybridized carbons (Fsp3) is 0. The van der Waals surface area contributed by atoms with Crippen molar-refractivity contribution >= 4 is 44.3 Å². The lowest BCUT2D eigenvalue weighted by Gasteiger charge is -2.10. The minimum atomic E-state index is 1.04. The van der Waals surface area contributed by atoms with Crippen molar-refractivity contribution in [1.82, 2.24) is 4.98 Å². The second-order valence-electron chi connectivity index (χ2n) is 9.82. The van der Waals surface area contributed by atoms with E-state index in [-0.39, 0.29) is 0 Å². The van der Waals surface area contributed by atoms with Crippen LogP contribution in [0.5, 0.6) is 0 Å². The van der Waals surface area contributed by atoms with E-state index in [0.717, 1.165) is 16.5 Å². The Bertz CT molecular complexity index is 1930. The third-order valence-electron chi connectivity index (χ3n) is 7.40.